The fourth-order valence-corrected chi connectivity index (χ4v) is 3.85. The van der Waals surface area contributed by atoms with Crippen molar-refractivity contribution in [2.24, 2.45) is 5.41 Å². The monoisotopic (exact) mass is 262 g/mol. The summed E-state index contributed by atoms with van der Waals surface area (Å²) in [6.45, 7) is 0. The number of aliphatic hydroxyl groups is 1. The van der Waals surface area contributed by atoms with Crippen LogP contribution in [-0.4, -0.2) is 22.2 Å². The molecule has 104 valence electrons. The number of hydrogen-bond acceptors (Lipinski definition) is 4. The summed E-state index contributed by atoms with van der Waals surface area (Å²) in [6, 6.07) is 0. The standard InChI is InChI=1S/C15H22N2O2/c1-19-13-12(16-10-11-17-13)15(18)8-6-14(7-9-15)4-2-3-5-14/h10-11,18H,2-9H2,1H3. The first-order valence-corrected chi connectivity index (χ1v) is 7.25. The number of aromatic nitrogens is 2. The van der Waals surface area contributed by atoms with E-state index in [-0.39, 0.29) is 0 Å². The van der Waals surface area contributed by atoms with Gasteiger partial charge in [0.2, 0.25) is 5.88 Å². The molecule has 0 atom stereocenters. The fraction of sp³-hybridized carbons (Fsp3) is 0.733. The highest BCUT2D eigenvalue weighted by atomic mass is 16.5. The molecule has 1 heterocycles. The van der Waals surface area contributed by atoms with Crippen LogP contribution in [0.2, 0.25) is 0 Å². The predicted molar refractivity (Wildman–Crippen MR) is 71.8 cm³/mol. The molecule has 2 fully saturated rings. The molecule has 0 bridgehead atoms. The molecule has 0 aliphatic heterocycles. The Bertz CT molecular complexity index is 445. The topological polar surface area (TPSA) is 55.2 Å². The molecule has 2 aliphatic carbocycles. The van der Waals surface area contributed by atoms with Crippen molar-refractivity contribution in [1.29, 1.82) is 0 Å². The third-order valence-corrected chi connectivity index (χ3v) is 5.10. The molecule has 0 amide bonds. The summed E-state index contributed by atoms with van der Waals surface area (Å²) in [7, 11) is 1.58. The van der Waals surface area contributed by atoms with Crippen molar-refractivity contribution in [1.82, 2.24) is 9.97 Å². The summed E-state index contributed by atoms with van der Waals surface area (Å²) in [5.74, 6) is 0.465. The number of rotatable bonds is 2. The lowest BCUT2D eigenvalue weighted by molar-refractivity contribution is -0.0428. The van der Waals surface area contributed by atoms with Gasteiger partial charge in [-0.3, -0.25) is 4.98 Å². The molecule has 1 N–H and O–H groups in total. The van der Waals surface area contributed by atoms with Crippen molar-refractivity contribution >= 4 is 0 Å². The van der Waals surface area contributed by atoms with Crippen LogP contribution in [-0.2, 0) is 5.60 Å². The zero-order valence-electron chi connectivity index (χ0n) is 11.6. The van der Waals surface area contributed by atoms with Gasteiger partial charge in [0, 0.05) is 12.4 Å². The summed E-state index contributed by atoms with van der Waals surface area (Å²) >= 11 is 0. The minimum absolute atomic E-state index is 0.465. The molecule has 0 saturated heterocycles. The van der Waals surface area contributed by atoms with E-state index in [9.17, 15) is 5.11 Å². The van der Waals surface area contributed by atoms with E-state index in [1.54, 1.807) is 19.5 Å². The average molecular weight is 262 g/mol. The van der Waals surface area contributed by atoms with E-state index in [0.717, 1.165) is 25.7 Å². The second kappa shape index (κ2) is 4.75. The van der Waals surface area contributed by atoms with Crippen molar-refractivity contribution in [2.45, 2.75) is 57.0 Å². The van der Waals surface area contributed by atoms with Gasteiger partial charge in [-0.15, -0.1) is 0 Å². The van der Waals surface area contributed by atoms with Crippen molar-refractivity contribution in [3.63, 3.8) is 0 Å². The summed E-state index contributed by atoms with van der Waals surface area (Å²) < 4.78 is 5.25. The largest absolute Gasteiger partial charge is 0.480 e. The number of nitrogens with zero attached hydrogens (tertiary/aromatic N) is 2. The van der Waals surface area contributed by atoms with Crippen molar-refractivity contribution in [2.75, 3.05) is 7.11 Å². The van der Waals surface area contributed by atoms with Crippen molar-refractivity contribution in [3.05, 3.63) is 18.1 Å². The number of hydrogen-bond donors (Lipinski definition) is 1. The Morgan fingerprint density at radius 1 is 1.00 bits per heavy atom. The highest BCUT2D eigenvalue weighted by molar-refractivity contribution is 5.25. The van der Waals surface area contributed by atoms with Gasteiger partial charge in [-0.1, -0.05) is 12.8 Å². The zero-order chi connectivity index (χ0) is 13.3. The van der Waals surface area contributed by atoms with E-state index < -0.39 is 5.60 Å². The maximum atomic E-state index is 10.9. The maximum absolute atomic E-state index is 10.9. The minimum Gasteiger partial charge on any atom is -0.480 e. The lowest BCUT2D eigenvalue weighted by Gasteiger charge is -2.41. The Labute approximate surface area is 114 Å². The van der Waals surface area contributed by atoms with E-state index >= 15 is 0 Å². The van der Waals surface area contributed by atoms with Crippen LogP contribution >= 0.6 is 0 Å². The molecule has 0 aromatic carbocycles. The van der Waals surface area contributed by atoms with Crippen LogP contribution in [0.5, 0.6) is 5.88 Å². The third kappa shape index (κ3) is 2.22. The summed E-state index contributed by atoms with van der Waals surface area (Å²) in [4.78, 5) is 8.48. The highest BCUT2D eigenvalue weighted by Crippen LogP contribution is 2.53. The van der Waals surface area contributed by atoms with Gasteiger partial charge >= 0.3 is 0 Å². The SMILES string of the molecule is COc1nccnc1C1(O)CCC2(CCCC2)CC1. The van der Waals surface area contributed by atoms with Crippen LogP contribution in [0, 0.1) is 5.41 Å². The molecule has 4 heteroatoms. The fourth-order valence-electron chi connectivity index (χ4n) is 3.85. The Morgan fingerprint density at radius 2 is 1.63 bits per heavy atom. The molecule has 1 aromatic heterocycles. The van der Waals surface area contributed by atoms with Crippen LogP contribution < -0.4 is 4.74 Å². The normalized spacial score (nSPS) is 24.5. The van der Waals surface area contributed by atoms with Crippen molar-refractivity contribution < 1.29 is 9.84 Å². The Balaban J connectivity index is 1.81. The summed E-state index contributed by atoms with van der Waals surface area (Å²) in [5.41, 5.74) is 0.264. The van der Waals surface area contributed by atoms with Crippen LogP contribution in [0.4, 0.5) is 0 Å². The minimum atomic E-state index is -0.854. The quantitative estimate of drug-likeness (QED) is 0.890. The molecule has 2 aliphatic rings. The summed E-state index contributed by atoms with van der Waals surface area (Å²) in [6.07, 6.45) is 12.4. The van der Waals surface area contributed by atoms with E-state index in [0.29, 0.717) is 17.0 Å². The van der Waals surface area contributed by atoms with Gasteiger partial charge in [-0.05, 0) is 43.9 Å². The smallest absolute Gasteiger partial charge is 0.238 e. The lowest BCUT2D eigenvalue weighted by atomic mass is 9.67. The van der Waals surface area contributed by atoms with Gasteiger partial charge in [0.25, 0.3) is 0 Å². The Morgan fingerprint density at radius 3 is 2.26 bits per heavy atom. The molecule has 1 aromatic rings. The van der Waals surface area contributed by atoms with E-state index in [4.69, 9.17) is 4.74 Å². The van der Waals surface area contributed by atoms with Crippen LogP contribution in [0.1, 0.15) is 57.1 Å². The number of ether oxygens (including phenoxy) is 1. The lowest BCUT2D eigenvalue weighted by Crippen LogP contribution is -2.37. The van der Waals surface area contributed by atoms with E-state index in [1.807, 2.05) is 0 Å². The molecular formula is C15H22N2O2. The molecule has 19 heavy (non-hydrogen) atoms. The van der Waals surface area contributed by atoms with Crippen molar-refractivity contribution in [3.8, 4) is 5.88 Å². The first-order valence-electron chi connectivity index (χ1n) is 7.25. The van der Waals surface area contributed by atoms with Gasteiger partial charge in [0.15, 0.2) is 0 Å². The summed E-state index contributed by atoms with van der Waals surface area (Å²) in [5, 5.41) is 10.9. The molecular weight excluding hydrogens is 240 g/mol. The van der Waals surface area contributed by atoms with E-state index in [1.165, 1.54) is 25.7 Å². The molecule has 0 unspecified atom stereocenters. The molecule has 4 nitrogen and oxygen atoms in total. The van der Waals surface area contributed by atoms with Gasteiger partial charge in [-0.2, -0.15) is 0 Å². The first kappa shape index (κ1) is 12.9. The second-order valence-electron chi connectivity index (χ2n) is 6.15. The van der Waals surface area contributed by atoms with Crippen LogP contribution in [0.25, 0.3) is 0 Å². The second-order valence-corrected chi connectivity index (χ2v) is 6.15. The third-order valence-electron chi connectivity index (χ3n) is 5.10. The van der Waals surface area contributed by atoms with Crippen LogP contribution in [0.3, 0.4) is 0 Å². The zero-order valence-corrected chi connectivity index (χ0v) is 11.6. The average Bonchev–Trinajstić information content (AvgIpc) is 2.91. The van der Waals surface area contributed by atoms with Crippen LogP contribution in [0.15, 0.2) is 12.4 Å². The Kier molecular flexibility index (Phi) is 3.21. The molecule has 3 rings (SSSR count). The van der Waals surface area contributed by atoms with E-state index in [2.05, 4.69) is 9.97 Å². The highest BCUT2D eigenvalue weighted by Gasteiger charge is 2.45. The first-order chi connectivity index (χ1) is 9.18. The molecule has 0 radical (unpaired) electrons. The van der Waals surface area contributed by atoms with Gasteiger partial charge in [-0.25, -0.2) is 4.98 Å². The van der Waals surface area contributed by atoms with Gasteiger partial charge in [0.1, 0.15) is 11.3 Å². The number of methoxy groups -OCH3 is 1. The van der Waals surface area contributed by atoms with Gasteiger partial charge < -0.3 is 9.84 Å². The van der Waals surface area contributed by atoms with Gasteiger partial charge in [0.05, 0.1) is 7.11 Å². The molecule has 2 saturated carbocycles. The Hall–Kier alpha value is -1.16. The predicted octanol–water partition coefficient (Wildman–Crippen LogP) is 2.81. The molecule has 1 spiro atoms. The maximum Gasteiger partial charge on any atom is 0.238 e.